The van der Waals surface area contributed by atoms with E-state index in [1.807, 2.05) is 18.2 Å². The average molecular weight is 307 g/mol. The molecule has 0 unspecified atom stereocenters. The summed E-state index contributed by atoms with van der Waals surface area (Å²) in [5.41, 5.74) is 5.54. The van der Waals surface area contributed by atoms with Crippen LogP contribution >= 0.6 is 0 Å². The summed E-state index contributed by atoms with van der Waals surface area (Å²) in [4.78, 5) is 3.41. The smallest absolute Gasteiger partial charge is 0.213 e. The van der Waals surface area contributed by atoms with Gasteiger partial charge in [0.2, 0.25) is 5.52 Å². The van der Waals surface area contributed by atoms with E-state index >= 15 is 0 Å². The van der Waals surface area contributed by atoms with E-state index in [4.69, 9.17) is 9.47 Å². The first kappa shape index (κ1) is 13.9. The van der Waals surface area contributed by atoms with E-state index in [9.17, 15) is 0 Å². The molecular weight excluding hydrogens is 288 g/mol. The Kier molecular flexibility index (Phi) is 3.30. The molecule has 1 aromatic heterocycles. The van der Waals surface area contributed by atoms with Crippen LogP contribution in [-0.2, 0) is 0 Å². The fraction of sp³-hybridized carbons (Fsp3) is 0.211. The molecule has 0 fully saturated rings. The number of pyridine rings is 1. The Balaban J connectivity index is 1.76. The molecule has 0 aliphatic carbocycles. The van der Waals surface area contributed by atoms with Gasteiger partial charge < -0.3 is 14.8 Å². The molecule has 0 atom stereocenters. The maximum atomic E-state index is 5.66. The fourth-order valence-corrected chi connectivity index (χ4v) is 2.91. The Morgan fingerprint density at radius 3 is 2.61 bits per heavy atom. The molecule has 3 aromatic rings. The second-order valence-electron chi connectivity index (χ2n) is 5.90. The average Bonchev–Trinajstić information content (AvgIpc) is 2.55. The lowest BCUT2D eigenvalue weighted by Crippen LogP contribution is -2.15. The van der Waals surface area contributed by atoms with Crippen molar-refractivity contribution in [3.05, 3.63) is 53.7 Å². The van der Waals surface area contributed by atoms with Crippen LogP contribution in [0.15, 0.2) is 42.5 Å². The van der Waals surface area contributed by atoms with E-state index in [0.29, 0.717) is 13.2 Å². The molecule has 0 spiro atoms. The summed E-state index contributed by atoms with van der Waals surface area (Å²) in [5, 5.41) is 4.68. The Hall–Kier alpha value is -2.75. The van der Waals surface area contributed by atoms with Crippen molar-refractivity contribution in [3.63, 3.8) is 0 Å². The quantitative estimate of drug-likeness (QED) is 0.783. The number of ether oxygens (including phenoxy) is 2. The number of hydrogen-bond donors (Lipinski definition) is 1. The first-order valence-corrected chi connectivity index (χ1v) is 7.79. The largest absolute Gasteiger partial charge is 0.486 e. The van der Waals surface area contributed by atoms with Gasteiger partial charge in [0.05, 0.1) is 11.1 Å². The molecule has 0 amide bonds. The molecule has 4 nitrogen and oxygen atoms in total. The number of benzene rings is 2. The minimum absolute atomic E-state index is 0.595. The summed E-state index contributed by atoms with van der Waals surface area (Å²) in [6.07, 6.45) is 0. The summed E-state index contributed by atoms with van der Waals surface area (Å²) in [5.74, 6) is 1.60. The minimum Gasteiger partial charge on any atom is -0.486 e. The van der Waals surface area contributed by atoms with Crippen molar-refractivity contribution in [2.75, 3.05) is 18.5 Å². The van der Waals surface area contributed by atoms with Crippen LogP contribution in [0.1, 0.15) is 11.3 Å². The standard InChI is InChI=1S/C19H18N2O2/c1-12-3-5-16-15(9-12)17(10-13(2)20-16)21-14-4-6-18-19(11-14)23-8-7-22-18/h3-6,9-11H,7-8H2,1-2H3,(H,20,21)/p+1. The van der Waals surface area contributed by atoms with Gasteiger partial charge in [0.15, 0.2) is 17.2 Å². The van der Waals surface area contributed by atoms with E-state index in [0.717, 1.165) is 34.1 Å². The zero-order chi connectivity index (χ0) is 15.8. The molecule has 1 aliphatic rings. The first-order valence-electron chi connectivity index (χ1n) is 7.79. The number of nitrogens with one attached hydrogen (secondary N) is 2. The number of aryl methyl sites for hydroxylation is 2. The fourth-order valence-electron chi connectivity index (χ4n) is 2.91. The Morgan fingerprint density at radius 1 is 0.913 bits per heavy atom. The molecule has 2 heterocycles. The summed E-state index contributed by atoms with van der Waals surface area (Å²) < 4.78 is 11.2. The highest BCUT2D eigenvalue weighted by atomic mass is 16.6. The van der Waals surface area contributed by atoms with Gasteiger partial charge in [-0.05, 0) is 30.7 Å². The van der Waals surface area contributed by atoms with Crippen molar-refractivity contribution in [3.8, 4) is 11.5 Å². The topological polar surface area (TPSA) is 44.6 Å². The maximum Gasteiger partial charge on any atom is 0.213 e. The van der Waals surface area contributed by atoms with Gasteiger partial charge in [0, 0.05) is 30.8 Å². The number of aromatic nitrogens is 1. The van der Waals surface area contributed by atoms with Crippen molar-refractivity contribution >= 4 is 22.3 Å². The first-order chi connectivity index (χ1) is 11.2. The molecule has 1 aliphatic heterocycles. The Labute approximate surface area is 135 Å². The maximum absolute atomic E-state index is 5.66. The molecule has 2 N–H and O–H groups in total. The third kappa shape index (κ3) is 2.68. The monoisotopic (exact) mass is 307 g/mol. The van der Waals surface area contributed by atoms with Crippen molar-refractivity contribution in [2.45, 2.75) is 13.8 Å². The molecule has 4 rings (SSSR count). The molecule has 0 radical (unpaired) electrons. The summed E-state index contributed by atoms with van der Waals surface area (Å²) in [6, 6.07) is 14.5. The second-order valence-corrected chi connectivity index (χ2v) is 5.90. The number of H-pyrrole nitrogens is 1. The zero-order valence-corrected chi connectivity index (χ0v) is 13.3. The van der Waals surface area contributed by atoms with Crippen molar-refractivity contribution in [1.82, 2.24) is 0 Å². The number of rotatable bonds is 2. The van der Waals surface area contributed by atoms with Crippen molar-refractivity contribution in [2.24, 2.45) is 0 Å². The molecule has 116 valence electrons. The summed E-state index contributed by atoms with van der Waals surface area (Å²) in [6.45, 7) is 5.37. The Bertz CT molecular complexity index is 890. The van der Waals surface area contributed by atoms with Crippen LogP contribution in [0.2, 0.25) is 0 Å². The summed E-state index contributed by atoms with van der Waals surface area (Å²) >= 11 is 0. The van der Waals surface area contributed by atoms with Crippen LogP contribution in [0.25, 0.3) is 10.9 Å². The van der Waals surface area contributed by atoms with E-state index in [1.165, 1.54) is 10.9 Å². The molecular formula is C19H19N2O2+. The van der Waals surface area contributed by atoms with Gasteiger partial charge in [0.1, 0.15) is 13.2 Å². The van der Waals surface area contributed by atoms with Gasteiger partial charge in [-0.15, -0.1) is 0 Å². The third-order valence-corrected chi connectivity index (χ3v) is 3.98. The lowest BCUT2D eigenvalue weighted by Gasteiger charge is -2.19. The predicted molar refractivity (Wildman–Crippen MR) is 90.7 cm³/mol. The second kappa shape index (κ2) is 5.47. The van der Waals surface area contributed by atoms with Gasteiger partial charge in [-0.25, -0.2) is 4.98 Å². The summed E-state index contributed by atoms with van der Waals surface area (Å²) in [7, 11) is 0. The third-order valence-electron chi connectivity index (χ3n) is 3.98. The van der Waals surface area contributed by atoms with Crippen molar-refractivity contribution in [1.29, 1.82) is 0 Å². The predicted octanol–water partition coefficient (Wildman–Crippen LogP) is 3.79. The highest BCUT2D eigenvalue weighted by Crippen LogP contribution is 2.34. The van der Waals surface area contributed by atoms with Crippen LogP contribution in [0.5, 0.6) is 11.5 Å². The molecule has 0 saturated carbocycles. The van der Waals surface area contributed by atoms with Gasteiger partial charge in [-0.3, -0.25) is 0 Å². The SMILES string of the molecule is Cc1ccc2[nH+]c(C)cc(Nc3ccc4c(c3)OCCO4)c2c1. The molecule has 2 aromatic carbocycles. The number of aromatic amines is 1. The van der Waals surface area contributed by atoms with Crippen molar-refractivity contribution < 1.29 is 14.5 Å². The van der Waals surface area contributed by atoms with E-state index in [1.54, 1.807) is 0 Å². The van der Waals surface area contributed by atoms with E-state index < -0.39 is 0 Å². The van der Waals surface area contributed by atoms with Gasteiger partial charge in [-0.1, -0.05) is 6.07 Å². The van der Waals surface area contributed by atoms with Crippen LogP contribution < -0.4 is 19.8 Å². The lowest BCUT2D eigenvalue weighted by atomic mass is 10.1. The van der Waals surface area contributed by atoms with Crippen LogP contribution in [0.4, 0.5) is 11.4 Å². The van der Waals surface area contributed by atoms with Crippen LogP contribution in [0.3, 0.4) is 0 Å². The van der Waals surface area contributed by atoms with E-state index in [-0.39, 0.29) is 0 Å². The van der Waals surface area contributed by atoms with Gasteiger partial charge in [0.25, 0.3) is 0 Å². The van der Waals surface area contributed by atoms with E-state index in [2.05, 4.69) is 48.4 Å². The van der Waals surface area contributed by atoms with Crippen LogP contribution in [0, 0.1) is 13.8 Å². The van der Waals surface area contributed by atoms with Gasteiger partial charge >= 0.3 is 0 Å². The normalized spacial score (nSPS) is 13.1. The highest BCUT2D eigenvalue weighted by molar-refractivity contribution is 5.91. The van der Waals surface area contributed by atoms with Gasteiger partial charge in [-0.2, -0.15) is 0 Å². The zero-order valence-electron chi connectivity index (χ0n) is 13.3. The molecule has 0 saturated heterocycles. The molecule has 23 heavy (non-hydrogen) atoms. The lowest BCUT2D eigenvalue weighted by molar-refractivity contribution is -0.354. The Morgan fingerprint density at radius 2 is 1.74 bits per heavy atom. The number of hydrogen-bond acceptors (Lipinski definition) is 3. The molecule has 4 heteroatoms. The number of fused-ring (bicyclic) bond motifs is 2. The highest BCUT2D eigenvalue weighted by Gasteiger charge is 2.14. The number of anilines is 2. The minimum atomic E-state index is 0.595. The molecule has 0 bridgehead atoms. The van der Waals surface area contributed by atoms with Crippen LogP contribution in [-0.4, -0.2) is 13.2 Å².